The van der Waals surface area contributed by atoms with E-state index in [-0.39, 0.29) is 5.69 Å². The molecule has 2 nitrogen and oxygen atoms in total. The number of hydrogen-bond acceptors (Lipinski definition) is 1. The predicted octanol–water partition coefficient (Wildman–Crippen LogP) is 5.26. The van der Waals surface area contributed by atoms with E-state index in [1.165, 1.54) is 12.1 Å². The fraction of sp³-hybridized carbons (Fsp3) is 0. The van der Waals surface area contributed by atoms with Crippen molar-refractivity contribution in [3.8, 4) is 0 Å². The molecule has 0 aliphatic carbocycles. The Kier molecular flexibility index (Phi) is 4.60. The summed E-state index contributed by atoms with van der Waals surface area (Å²) in [5, 5.41) is 3.01. The van der Waals surface area contributed by atoms with Crippen LogP contribution in [0.5, 0.6) is 0 Å². The molecule has 0 aromatic heterocycles. The highest BCUT2D eigenvalue weighted by Crippen LogP contribution is 2.24. The molecular formula is C13H7Br2ClFNO. The van der Waals surface area contributed by atoms with Gasteiger partial charge in [0.05, 0.1) is 10.7 Å². The molecule has 19 heavy (non-hydrogen) atoms. The lowest BCUT2D eigenvalue weighted by Crippen LogP contribution is -2.12. The normalized spacial score (nSPS) is 10.3. The molecule has 0 saturated carbocycles. The smallest absolute Gasteiger partial charge is 0.255 e. The third kappa shape index (κ3) is 3.55. The number of rotatable bonds is 2. The highest BCUT2D eigenvalue weighted by atomic mass is 79.9. The molecular weight excluding hydrogens is 400 g/mol. The zero-order chi connectivity index (χ0) is 14.0. The summed E-state index contributed by atoms with van der Waals surface area (Å²) in [5.74, 6) is -0.908. The molecule has 98 valence electrons. The van der Waals surface area contributed by atoms with E-state index in [0.29, 0.717) is 19.5 Å². The first-order valence-electron chi connectivity index (χ1n) is 5.19. The molecule has 0 saturated heterocycles. The Hall–Kier alpha value is -0.910. The SMILES string of the molecule is O=C(Nc1ccc(Br)cc1F)c1ccc(Cl)c(Br)c1. The summed E-state index contributed by atoms with van der Waals surface area (Å²) in [4.78, 5) is 12.0. The van der Waals surface area contributed by atoms with Crippen molar-refractivity contribution in [3.63, 3.8) is 0 Å². The fourth-order valence-electron chi connectivity index (χ4n) is 1.42. The van der Waals surface area contributed by atoms with Gasteiger partial charge >= 0.3 is 0 Å². The number of benzene rings is 2. The molecule has 0 radical (unpaired) electrons. The Morgan fingerprint density at radius 3 is 2.53 bits per heavy atom. The van der Waals surface area contributed by atoms with Crippen LogP contribution in [0.1, 0.15) is 10.4 Å². The van der Waals surface area contributed by atoms with Crippen LogP contribution in [-0.4, -0.2) is 5.91 Å². The predicted molar refractivity (Wildman–Crippen MR) is 81.2 cm³/mol. The van der Waals surface area contributed by atoms with E-state index < -0.39 is 11.7 Å². The van der Waals surface area contributed by atoms with Crippen molar-refractivity contribution in [2.75, 3.05) is 5.32 Å². The van der Waals surface area contributed by atoms with Crippen LogP contribution in [0.25, 0.3) is 0 Å². The summed E-state index contributed by atoms with van der Waals surface area (Å²) < 4.78 is 14.8. The fourth-order valence-corrected chi connectivity index (χ4v) is 2.25. The van der Waals surface area contributed by atoms with Crippen LogP contribution in [0.4, 0.5) is 10.1 Å². The molecule has 1 N–H and O–H groups in total. The quantitative estimate of drug-likeness (QED) is 0.723. The average molecular weight is 407 g/mol. The number of carbonyl (C=O) groups is 1. The summed E-state index contributed by atoms with van der Waals surface area (Å²) in [5.41, 5.74) is 0.512. The van der Waals surface area contributed by atoms with Crippen molar-refractivity contribution in [2.45, 2.75) is 0 Å². The second-order valence-electron chi connectivity index (χ2n) is 3.71. The van der Waals surface area contributed by atoms with Crippen LogP contribution in [0.15, 0.2) is 45.3 Å². The standard InChI is InChI=1S/C13H7Br2ClFNO/c14-8-2-4-12(11(17)6-8)18-13(19)7-1-3-10(16)9(15)5-7/h1-6H,(H,18,19). The second kappa shape index (κ2) is 6.03. The zero-order valence-corrected chi connectivity index (χ0v) is 13.3. The summed E-state index contributed by atoms with van der Waals surface area (Å²) >= 11 is 12.2. The van der Waals surface area contributed by atoms with Gasteiger partial charge in [-0.05, 0) is 52.3 Å². The van der Waals surface area contributed by atoms with Crippen LogP contribution in [0.2, 0.25) is 5.02 Å². The van der Waals surface area contributed by atoms with Crippen LogP contribution < -0.4 is 5.32 Å². The molecule has 2 aromatic rings. The van der Waals surface area contributed by atoms with E-state index in [4.69, 9.17) is 11.6 Å². The topological polar surface area (TPSA) is 29.1 Å². The van der Waals surface area contributed by atoms with Gasteiger partial charge in [0.2, 0.25) is 0 Å². The van der Waals surface area contributed by atoms with Crippen molar-refractivity contribution in [1.82, 2.24) is 0 Å². The van der Waals surface area contributed by atoms with E-state index in [1.807, 2.05) is 0 Å². The summed E-state index contributed by atoms with van der Waals surface area (Å²) in [6, 6.07) is 9.16. The van der Waals surface area contributed by atoms with Gasteiger partial charge in [0.15, 0.2) is 0 Å². The molecule has 0 unspecified atom stereocenters. The summed E-state index contributed by atoms with van der Waals surface area (Å²) in [6.45, 7) is 0. The van der Waals surface area contributed by atoms with Crippen molar-refractivity contribution < 1.29 is 9.18 Å². The maximum atomic E-state index is 13.6. The lowest BCUT2D eigenvalue weighted by molar-refractivity contribution is 0.102. The van der Waals surface area contributed by atoms with Gasteiger partial charge in [-0.2, -0.15) is 0 Å². The highest BCUT2D eigenvalue weighted by molar-refractivity contribution is 9.10. The Morgan fingerprint density at radius 2 is 1.89 bits per heavy atom. The molecule has 0 aliphatic rings. The minimum absolute atomic E-state index is 0.124. The first-order chi connectivity index (χ1) is 8.97. The summed E-state index contributed by atoms with van der Waals surface area (Å²) in [6.07, 6.45) is 0. The maximum Gasteiger partial charge on any atom is 0.255 e. The van der Waals surface area contributed by atoms with Gasteiger partial charge in [-0.25, -0.2) is 4.39 Å². The minimum Gasteiger partial charge on any atom is -0.319 e. The number of halogens is 4. The largest absolute Gasteiger partial charge is 0.319 e. The van der Waals surface area contributed by atoms with E-state index >= 15 is 0 Å². The molecule has 1 amide bonds. The van der Waals surface area contributed by atoms with Crippen LogP contribution in [0.3, 0.4) is 0 Å². The Morgan fingerprint density at radius 1 is 1.16 bits per heavy atom. The number of hydrogen-bond donors (Lipinski definition) is 1. The highest BCUT2D eigenvalue weighted by Gasteiger charge is 2.11. The molecule has 0 bridgehead atoms. The van der Waals surface area contributed by atoms with Crippen molar-refractivity contribution >= 4 is 55.1 Å². The zero-order valence-electron chi connectivity index (χ0n) is 9.38. The Bertz CT molecular complexity index is 649. The Labute approximate surface area is 131 Å². The number of nitrogens with one attached hydrogen (secondary N) is 1. The van der Waals surface area contributed by atoms with E-state index in [2.05, 4.69) is 37.2 Å². The van der Waals surface area contributed by atoms with Gasteiger partial charge in [-0.15, -0.1) is 0 Å². The van der Waals surface area contributed by atoms with Gasteiger partial charge in [-0.1, -0.05) is 27.5 Å². The van der Waals surface area contributed by atoms with E-state index in [1.54, 1.807) is 24.3 Å². The number of anilines is 1. The van der Waals surface area contributed by atoms with Crippen molar-refractivity contribution in [3.05, 3.63) is 61.7 Å². The summed E-state index contributed by atoms with van der Waals surface area (Å²) in [7, 11) is 0. The van der Waals surface area contributed by atoms with E-state index in [9.17, 15) is 9.18 Å². The van der Waals surface area contributed by atoms with Crippen LogP contribution >= 0.6 is 43.5 Å². The minimum atomic E-state index is -0.504. The molecule has 2 aromatic carbocycles. The monoisotopic (exact) mass is 405 g/mol. The number of amides is 1. The average Bonchev–Trinajstić information content (AvgIpc) is 2.36. The van der Waals surface area contributed by atoms with Gasteiger partial charge in [-0.3, -0.25) is 4.79 Å². The van der Waals surface area contributed by atoms with Gasteiger partial charge in [0, 0.05) is 14.5 Å². The van der Waals surface area contributed by atoms with Crippen LogP contribution in [0, 0.1) is 5.82 Å². The lowest BCUT2D eigenvalue weighted by atomic mass is 10.2. The number of carbonyl (C=O) groups excluding carboxylic acids is 1. The molecule has 0 aliphatic heterocycles. The third-order valence-corrected chi connectivity index (χ3v) is 4.07. The second-order valence-corrected chi connectivity index (χ2v) is 5.88. The van der Waals surface area contributed by atoms with Crippen molar-refractivity contribution in [1.29, 1.82) is 0 Å². The van der Waals surface area contributed by atoms with Gasteiger partial charge in [0.1, 0.15) is 5.82 Å². The molecule has 0 heterocycles. The molecule has 6 heteroatoms. The lowest BCUT2D eigenvalue weighted by Gasteiger charge is -2.07. The van der Waals surface area contributed by atoms with E-state index in [0.717, 1.165) is 0 Å². The van der Waals surface area contributed by atoms with Crippen LogP contribution in [-0.2, 0) is 0 Å². The maximum absolute atomic E-state index is 13.6. The van der Waals surface area contributed by atoms with Gasteiger partial charge in [0.25, 0.3) is 5.91 Å². The van der Waals surface area contributed by atoms with Crippen molar-refractivity contribution in [2.24, 2.45) is 0 Å². The molecule has 0 fully saturated rings. The third-order valence-electron chi connectivity index (χ3n) is 2.36. The molecule has 2 rings (SSSR count). The molecule has 0 atom stereocenters. The first kappa shape index (κ1) is 14.5. The molecule has 0 spiro atoms. The first-order valence-corrected chi connectivity index (χ1v) is 7.15. The van der Waals surface area contributed by atoms with Gasteiger partial charge < -0.3 is 5.32 Å². The Balaban J connectivity index is 2.23.